The highest BCUT2D eigenvalue weighted by molar-refractivity contribution is 5.87. The van der Waals surface area contributed by atoms with Crippen LogP contribution in [0.4, 0.5) is 0 Å². The van der Waals surface area contributed by atoms with Crippen LogP contribution in [-0.4, -0.2) is 24.1 Å². The molecule has 2 N–H and O–H groups in total. The summed E-state index contributed by atoms with van der Waals surface area (Å²) in [6.07, 6.45) is 1.16. The lowest BCUT2D eigenvalue weighted by atomic mass is 10.0. The van der Waals surface area contributed by atoms with Gasteiger partial charge in [0.15, 0.2) is 0 Å². The largest absolute Gasteiger partial charge is 0.464 e. The third-order valence-electron chi connectivity index (χ3n) is 3.26. The number of H-pyrrole nitrogens is 1. The average Bonchev–Trinajstić information content (AvgIpc) is 2.82. The Hall–Kier alpha value is -1.29. The van der Waals surface area contributed by atoms with E-state index in [1.165, 1.54) is 7.11 Å². The number of aromatic nitrogens is 1. The first-order valence-corrected chi connectivity index (χ1v) is 6.08. The molecule has 0 amide bonds. The monoisotopic (exact) mass is 238 g/mol. The SMILES string of the molecule is CCC(C)C(C)NCc1ccc(C(=O)OC)[nH]1. The van der Waals surface area contributed by atoms with Crippen molar-refractivity contribution in [2.24, 2.45) is 5.92 Å². The average molecular weight is 238 g/mol. The van der Waals surface area contributed by atoms with Gasteiger partial charge in [-0.05, 0) is 25.0 Å². The summed E-state index contributed by atoms with van der Waals surface area (Å²) >= 11 is 0. The summed E-state index contributed by atoms with van der Waals surface area (Å²) in [6, 6.07) is 4.11. The van der Waals surface area contributed by atoms with E-state index in [0.717, 1.165) is 18.7 Å². The Kier molecular flexibility index (Phi) is 5.22. The number of hydrogen-bond donors (Lipinski definition) is 2. The molecular weight excluding hydrogens is 216 g/mol. The molecule has 96 valence electrons. The van der Waals surface area contributed by atoms with Gasteiger partial charge >= 0.3 is 5.97 Å². The smallest absolute Gasteiger partial charge is 0.354 e. The van der Waals surface area contributed by atoms with Crippen LogP contribution in [0.3, 0.4) is 0 Å². The highest BCUT2D eigenvalue weighted by Gasteiger charge is 2.11. The van der Waals surface area contributed by atoms with Gasteiger partial charge in [0.05, 0.1) is 7.11 Å². The predicted octanol–water partition coefficient (Wildman–Crippen LogP) is 2.33. The summed E-state index contributed by atoms with van der Waals surface area (Å²) in [5.41, 5.74) is 1.50. The fraction of sp³-hybridized carbons (Fsp3) is 0.615. The van der Waals surface area contributed by atoms with Crippen LogP contribution >= 0.6 is 0 Å². The molecule has 0 fully saturated rings. The van der Waals surface area contributed by atoms with E-state index in [1.54, 1.807) is 6.07 Å². The van der Waals surface area contributed by atoms with Gasteiger partial charge in [0, 0.05) is 18.3 Å². The number of esters is 1. The molecule has 0 radical (unpaired) electrons. The summed E-state index contributed by atoms with van der Waals surface area (Å²) in [7, 11) is 1.38. The maximum Gasteiger partial charge on any atom is 0.354 e. The van der Waals surface area contributed by atoms with E-state index >= 15 is 0 Å². The van der Waals surface area contributed by atoms with Crippen molar-refractivity contribution in [2.75, 3.05) is 7.11 Å². The molecule has 0 spiro atoms. The topological polar surface area (TPSA) is 54.1 Å². The van der Waals surface area contributed by atoms with Crippen molar-refractivity contribution in [3.8, 4) is 0 Å². The van der Waals surface area contributed by atoms with Crippen LogP contribution in [0.5, 0.6) is 0 Å². The minimum atomic E-state index is -0.328. The number of aromatic amines is 1. The lowest BCUT2D eigenvalue weighted by Crippen LogP contribution is -2.31. The van der Waals surface area contributed by atoms with Gasteiger partial charge < -0.3 is 15.0 Å². The van der Waals surface area contributed by atoms with Gasteiger partial charge in [-0.3, -0.25) is 0 Å². The van der Waals surface area contributed by atoms with Crippen molar-refractivity contribution >= 4 is 5.97 Å². The first-order chi connectivity index (χ1) is 8.08. The minimum absolute atomic E-state index is 0.328. The van der Waals surface area contributed by atoms with E-state index in [0.29, 0.717) is 17.7 Å². The van der Waals surface area contributed by atoms with Crippen molar-refractivity contribution in [1.82, 2.24) is 10.3 Å². The number of rotatable bonds is 6. The summed E-state index contributed by atoms with van der Waals surface area (Å²) in [5, 5.41) is 3.44. The molecule has 1 heterocycles. The Morgan fingerprint density at radius 1 is 1.47 bits per heavy atom. The lowest BCUT2D eigenvalue weighted by Gasteiger charge is -2.19. The van der Waals surface area contributed by atoms with Gasteiger partial charge in [-0.2, -0.15) is 0 Å². The van der Waals surface area contributed by atoms with E-state index in [9.17, 15) is 4.79 Å². The zero-order valence-electron chi connectivity index (χ0n) is 11.0. The molecule has 0 aromatic carbocycles. The second kappa shape index (κ2) is 6.45. The van der Waals surface area contributed by atoms with Crippen molar-refractivity contribution in [3.05, 3.63) is 23.5 Å². The summed E-state index contributed by atoms with van der Waals surface area (Å²) in [5.74, 6) is 0.316. The van der Waals surface area contributed by atoms with E-state index in [4.69, 9.17) is 0 Å². The molecule has 2 atom stereocenters. The minimum Gasteiger partial charge on any atom is -0.464 e. The van der Waals surface area contributed by atoms with Crippen LogP contribution in [0, 0.1) is 5.92 Å². The van der Waals surface area contributed by atoms with Gasteiger partial charge in [-0.15, -0.1) is 0 Å². The number of carbonyl (C=O) groups is 1. The van der Waals surface area contributed by atoms with Crippen molar-refractivity contribution < 1.29 is 9.53 Å². The van der Waals surface area contributed by atoms with Gasteiger partial charge in [-0.25, -0.2) is 4.79 Å². The third kappa shape index (κ3) is 3.89. The van der Waals surface area contributed by atoms with Gasteiger partial charge in [0.1, 0.15) is 5.69 Å². The Labute approximate surface area is 103 Å². The maximum absolute atomic E-state index is 11.2. The Bertz CT molecular complexity index is 360. The lowest BCUT2D eigenvalue weighted by molar-refractivity contribution is 0.0594. The standard InChI is InChI=1S/C13H22N2O2/c1-5-9(2)10(3)14-8-11-6-7-12(15-11)13(16)17-4/h6-7,9-10,14-15H,5,8H2,1-4H3. The molecule has 0 aliphatic carbocycles. The molecule has 17 heavy (non-hydrogen) atoms. The van der Waals surface area contributed by atoms with E-state index in [2.05, 4.69) is 35.8 Å². The number of ether oxygens (including phenoxy) is 1. The normalized spacial score (nSPS) is 14.4. The van der Waals surface area contributed by atoms with Crippen molar-refractivity contribution in [3.63, 3.8) is 0 Å². The molecule has 1 rings (SSSR count). The van der Waals surface area contributed by atoms with Crippen LogP contribution in [0.15, 0.2) is 12.1 Å². The second-order valence-corrected chi connectivity index (χ2v) is 4.44. The van der Waals surface area contributed by atoms with E-state index in [-0.39, 0.29) is 5.97 Å². The quantitative estimate of drug-likeness (QED) is 0.748. The third-order valence-corrected chi connectivity index (χ3v) is 3.26. The Morgan fingerprint density at radius 3 is 2.76 bits per heavy atom. The molecule has 0 saturated heterocycles. The number of methoxy groups -OCH3 is 1. The van der Waals surface area contributed by atoms with Crippen molar-refractivity contribution in [2.45, 2.75) is 39.8 Å². The first-order valence-electron chi connectivity index (χ1n) is 6.08. The number of hydrogen-bond acceptors (Lipinski definition) is 3. The predicted molar refractivity (Wildman–Crippen MR) is 67.9 cm³/mol. The molecule has 0 aliphatic rings. The zero-order chi connectivity index (χ0) is 12.8. The Morgan fingerprint density at radius 2 is 2.18 bits per heavy atom. The highest BCUT2D eigenvalue weighted by atomic mass is 16.5. The van der Waals surface area contributed by atoms with E-state index in [1.807, 2.05) is 6.07 Å². The molecule has 1 aromatic heterocycles. The van der Waals surface area contributed by atoms with E-state index < -0.39 is 0 Å². The summed E-state index contributed by atoms with van der Waals surface area (Å²) < 4.78 is 4.64. The Balaban J connectivity index is 2.47. The fourth-order valence-corrected chi connectivity index (χ4v) is 1.60. The van der Waals surface area contributed by atoms with Crippen LogP contribution in [0.2, 0.25) is 0 Å². The highest BCUT2D eigenvalue weighted by Crippen LogP contribution is 2.08. The molecule has 4 nitrogen and oxygen atoms in total. The molecular formula is C13H22N2O2. The molecule has 0 aliphatic heterocycles. The molecule has 2 unspecified atom stereocenters. The van der Waals surface area contributed by atoms with Crippen molar-refractivity contribution in [1.29, 1.82) is 0 Å². The van der Waals surface area contributed by atoms with Gasteiger partial charge in [0.25, 0.3) is 0 Å². The van der Waals surface area contributed by atoms with Crippen LogP contribution in [0.1, 0.15) is 43.4 Å². The number of carbonyl (C=O) groups excluding carboxylic acids is 1. The number of nitrogens with one attached hydrogen (secondary N) is 2. The second-order valence-electron chi connectivity index (χ2n) is 4.44. The van der Waals surface area contributed by atoms with Gasteiger partial charge in [-0.1, -0.05) is 20.3 Å². The molecule has 4 heteroatoms. The summed E-state index contributed by atoms with van der Waals surface area (Å²) in [6.45, 7) is 7.33. The van der Waals surface area contributed by atoms with Crippen LogP contribution in [0.25, 0.3) is 0 Å². The molecule has 0 bridgehead atoms. The molecule has 1 aromatic rings. The zero-order valence-corrected chi connectivity index (χ0v) is 11.0. The first kappa shape index (κ1) is 13.8. The van der Waals surface area contributed by atoms with Crippen LogP contribution in [-0.2, 0) is 11.3 Å². The van der Waals surface area contributed by atoms with Crippen LogP contribution < -0.4 is 5.32 Å². The summed E-state index contributed by atoms with van der Waals surface area (Å²) in [4.78, 5) is 14.3. The maximum atomic E-state index is 11.2. The van der Waals surface area contributed by atoms with Gasteiger partial charge in [0.2, 0.25) is 0 Å². The molecule has 0 saturated carbocycles. The fourth-order valence-electron chi connectivity index (χ4n) is 1.60.